The van der Waals surface area contributed by atoms with E-state index in [2.05, 4.69) is 8.83 Å². The minimum Gasteiger partial charge on any atom is -0.390 e. The van der Waals surface area contributed by atoms with Crippen molar-refractivity contribution in [3.05, 3.63) is 6.61 Å². The molecule has 0 spiro atoms. The van der Waals surface area contributed by atoms with Gasteiger partial charge in [-0.2, -0.15) is 4.31 Å². The number of rotatable bonds is 5. The van der Waals surface area contributed by atoms with Crippen LogP contribution in [0.1, 0.15) is 6.42 Å². The Kier molecular flexibility index (Phi) is 4.65. The van der Waals surface area contributed by atoms with Crippen LogP contribution in [0.15, 0.2) is 0 Å². The zero-order chi connectivity index (χ0) is 12.4. The van der Waals surface area contributed by atoms with Crippen molar-refractivity contribution >= 4 is 15.6 Å². The first kappa shape index (κ1) is 14.2. The summed E-state index contributed by atoms with van der Waals surface area (Å²) >= 11 is 0. The monoisotopic (exact) mass is 277 g/mol. The summed E-state index contributed by atoms with van der Waals surface area (Å²) in [7, 11) is -9.97. The Morgan fingerprint density at radius 2 is 2.00 bits per heavy atom. The molecule has 1 fully saturated rings. The Morgan fingerprint density at radius 1 is 1.38 bits per heavy atom. The van der Waals surface area contributed by atoms with E-state index in [4.69, 9.17) is 19.4 Å². The molecule has 0 saturated carbocycles. The lowest BCUT2D eigenvalue weighted by Crippen LogP contribution is -2.25. The van der Waals surface area contributed by atoms with E-state index in [1.165, 1.54) is 6.61 Å². The smallest absolute Gasteiger partial charge is 0.390 e. The molecule has 3 atom stereocenters. The first-order valence-corrected chi connectivity index (χ1v) is 7.11. The van der Waals surface area contributed by atoms with E-state index in [-0.39, 0.29) is 6.42 Å². The average molecular weight is 277 g/mol. The first-order valence-electron chi connectivity index (χ1n) is 4.09. The van der Waals surface area contributed by atoms with E-state index in [1.807, 2.05) is 0 Å². The molecule has 0 amide bonds. The normalized spacial score (nSPS) is 30.2. The topological polar surface area (TPSA) is 143 Å². The van der Waals surface area contributed by atoms with Gasteiger partial charge in [-0.25, -0.2) is 9.13 Å². The van der Waals surface area contributed by atoms with E-state index in [9.17, 15) is 14.2 Å². The first-order chi connectivity index (χ1) is 7.20. The highest BCUT2D eigenvalue weighted by atomic mass is 31.3. The van der Waals surface area contributed by atoms with E-state index < -0.39 is 34.5 Å². The van der Waals surface area contributed by atoms with Crippen molar-refractivity contribution in [1.29, 1.82) is 0 Å². The molecule has 4 N–H and O–H groups in total. The molecule has 1 saturated heterocycles. The number of hydrogen-bond donors (Lipinski definition) is 4. The molecule has 11 heteroatoms. The maximum absolute atomic E-state index is 11.0. The summed E-state index contributed by atoms with van der Waals surface area (Å²) in [5.41, 5.74) is 0. The summed E-state index contributed by atoms with van der Waals surface area (Å²) in [4.78, 5) is 25.4. The predicted octanol–water partition coefficient (Wildman–Crippen LogP) is -0.476. The third-order valence-electron chi connectivity index (χ3n) is 1.65. The maximum Gasteiger partial charge on any atom is 0.481 e. The Bertz CT molecular complexity index is 324. The van der Waals surface area contributed by atoms with Gasteiger partial charge in [0.2, 0.25) is 0 Å². The van der Waals surface area contributed by atoms with Crippen molar-refractivity contribution in [1.82, 2.24) is 0 Å². The second-order valence-corrected chi connectivity index (χ2v) is 5.81. The molecule has 0 aromatic rings. The van der Waals surface area contributed by atoms with Crippen LogP contribution in [0.3, 0.4) is 0 Å². The molecule has 0 aliphatic carbocycles. The number of aliphatic hydroxyl groups excluding tert-OH is 1. The fourth-order valence-corrected chi connectivity index (χ4v) is 2.60. The van der Waals surface area contributed by atoms with Gasteiger partial charge in [-0.15, -0.1) is 0 Å². The molecule has 16 heavy (non-hydrogen) atoms. The van der Waals surface area contributed by atoms with Crippen LogP contribution in [0.25, 0.3) is 0 Å². The largest absolute Gasteiger partial charge is 0.481 e. The van der Waals surface area contributed by atoms with E-state index >= 15 is 0 Å². The molecule has 95 valence electrons. The van der Waals surface area contributed by atoms with Crippen molar-refractivity contribution < 1.29 is 42.5 Å². The van der Waals surface area contributed by atoms with Crippen LogP contribution >= 0.6 is 15.6 Å². The summed E-state index contributed by atoms with van der Waals surface area (Å²) in [5.74, 6) is 0. The quantitative estimate of drug-likeness (QED) is 0.490. The number of hydrogen-bond acceptors (Lipinski definition) is 6. The molecule has 1 rings (SSSR count). The molecule has 1 unspecified atom stereocenters. The van der Waals surface area contributed by atoms with Gasteiger partial charge in [-0.3, -0.25) is 4.52 Å². The highest BCUT2D eigenvalue weighted by Gasteiger charge is 2.35. The minimum atomic E-state index is -5.11. The lowest BCUT2D eigenvalue weighted by molar-refractivity contribution is 0.0158. The molecule has 1 heterocycles. The van der Waals surface area contributed by atoms with Crippen molar-refractivity contribution in [2.75, 3.05) is 6.61 Å². The average Bonchev–Trinajstić information content (AvgIpc) is 2.43. The van der Waals surface area contributed by atoms with Gasteiger partial charge >= 0.3 is 15.6 Å². The van der Waals surface area contributed by atoms with Crippen LogP contribution in [-0.2, 0) is 22.7 Å². The van der Waals surface area contributed by atoms with Crippen molar-refractivity contribution in [3.8, 4) is 0 Å². The van der Waals surface area contributed by atoms with Gasteiger partial charge in [0.05, 0.1) is 19.3 Å². The second-order valence-electron chi connectivity index (χ2n) is 2.98. The van der Waals surface area contributed by atoms with Crippen LogP contribution in [0.4, 0.5) is 0 Å². The molecular weight excluding hydrogens is 266 g/mol. The fraction of sp³-hybridized carbons (Fsp3) is 0.800. The zero-order valence-corrected chi connectivity index (χ0v) is 9.66. The summed E-state index contributed by atoms with van der Waals surface area (Å²) in [6, 6.07) is 0. The number of aliphatic hydroxyl groups is 1. The third-order valence-corrected chi connectivity index (χ3v) is 3.80. The number of phosphoric acid groups is 2. The molecule has 0 aromatic carbocycles. The molecular formula is C5H11O9P2. The molecule has 0 aromatic heterocycles. The van der Waals surface area contributed by atoms with Crippen molar-refractivity contribution in [2.24, 2.45) is 0 Å². The van der Waals surface area contributed by atoms with Crippen molar-refractivity contribution in [3.63, 3.8) is 0 Å². The number of phosphoric ester groups is 1. The van der Waals surface area contributed by atoms with Gasteiger partial charge in [0, 0.05) is 6.42 Å². The minimum absolute atomic E-state index is 0.239. The summed E-state index contributed by atoms with van der Waals surface area (Å²) < 4.78 is 33.8. The molecule has 0 bridgehead atoms. The van der Waals surface area contributed by atoms with E-state index in [0.717, 1.165) is 0 Å². The maximum atomic E-state index is 11.0. The third kappa shape index (κ3) is 5.01. The highest BCUT2D eigenvalue weighted by molar-refractivity contribution is 7.60. The Balaban J connectivity index is 2.41. The summed E-state index contributed by atoms with van der Waals surface area (Å²) in [6.45, 7) is 0.774. The lowest BCUT2D eigenvalue weighted by Gasteiger charge is -2.16. The van der Waals surface area contributed by atoms with Crippen LogP contribution < -0.4 is 0 Å². The van der Waals surface area contributed by atoms with Crippen LogP contribution in [0, 0.1) is 6.61 Å². The van der Waals surface area contributed by atoms with Gasteiger partial charge in [-0.05, 0) is 0 Å². The van der Waals surface area contributed by atoms with Gasteiger partial charge in [0.25, 0.3) is 0 Å². The summed E-state index contributed by atoms with van der Waals surface area (Å²) in [6.07, 6.45) is -1.51. The number of ether oxygens (including phenoxy) is 1. The zero-order valence-electron chi connectivity index (χ0n) is 7.87. The van der Waals surface area contributed by atoms with Gasteiger partial charge in [0.1, 0.15) is 6.10 Å². The molecule has 1 aliphatic heterocycles. The fourth-order valence-electron chi connectivity index (χ4n) is 0.996. The van der Waals surface area contributed by atoms with Gasteiger partial charge in [-0.1, -0.05) is 0 Å². The van der Waals surface area contributed by atoms with E-state index in [0.29, 0.717) is 0 Å². The Morgan fingerprint density at radius 3 is 2.44 bits per heavy atom. The van der Waals surface area contributed by atoms with Crippen LogP contribution in [-0.4, -0.2) is 38.6 Å². The van der Waals surface area contributed by atoms with Crippen molar-refractivity contribution in [2.45, 2.75) is 18.6 Å². The molecule has 1 aliphatic rings. The molecule has 9 nitrogen and oxygen atoms in total. The second kappa shape index (κ2) is 5.22. The summed E-state index contributed by atoms with van der Waals surface area (Å²) in [5, 5.41) is 9.22. The predicted molar refractivity (Wildman–Crippen MR) is 48.7 cm³/mol. The standard InChI is InChI=1S/C5H11O9P2/c6-4-1-2-12-5(4)3-13-16(10,11)14-15(7,8)9/h2,4-6H,1,3H2,(H,10,11)(H2,7,8,9)/t4-,5+/m0/s1. The van der Waals surface area contributed by atoms with Crippen LogP contribution in [0.5, 0.6) is 0 Å². The highest BCUT2D eigenvalue weighted by Crippen LogP contribution is 2.57. The van der Waals surface area contributed by atoms with Crippen LogP contribution in [0.2, 0.25) is 0 Å². The van der Waals surface area contributed by atoms with E-state index in [1.54, 1.807) is 0 Å². The van der Waals surface area contributed by atoms with Gasteiger partial charge < -0.3 is 24.5 Å². The Hall–Kier alpha value is 0.180. The lowest BCUT2D eigenvalue weighted by atomic mass is 10.2. The Labute approximate surface area is 90.8 Å². The molecule has 1 radical (unpaired) electrons. The van der Waals surface area contributed by atoms with Gasteiger partial charge in [0.15, 0.2) is 0 Å². The SMILES string of the molecule is O=P(O)(O)OP(=O)(O)OC[C@H]1O[CH]C[C@@H]1O.